The summed E-state index contributed by atoms with van der Waals surface area (Å²) in [6.45, 7) is 0.361. The van der Waals surface area contributed by atoms with Gasteiger partial charge in [0.05, 0.1) is 0 Å². The maximum Gasteiger partial charge on any atom is 0.149 e. The average Bonchev–Trinajstić information content (AvgIpc) is 2.30. The zero-order valence-electron chi connectivity index (χ0n) is 8.45. The van der Waals surface area contributed by atoms with Crippen molar-refractivity contribution in [2.24, 2.45) is 0 Å². The van der Waals surface area contributed by atoms with Crippen LogP contribution in [0.2, 0.25) is 0 Å². The second kappa shape index (κ2) is 4.70. The van der Waals surface area contributed by atoms with Crippen molar-refractivity contribution in [1.29, 1.82) is 0 Å². The highest BCUT2D eigenvalue weighted by Gasteiger charge is 2.06. The second-order valence-electron chi connectivity index (χ2n) is 3.31. The predicted octanol–water partition coefficient (Wildman–Crippen LogP) is 2.97. The summed E-state index contributed by atoms with van der Waals surface area (Å²) in [4.78, 5) is 3.86. The Balaban J connectivity index is 2.11. The summed E-state index contributed by atoms with van der Waals surface area (Å²) >= 11 is 0. The summed E-state index contributed by atoms with van der Waals surface area (Å²) in [6, 6.07) is 7.34. The first-order chi connectivity index (χ1) is 7.77. The molecule has 0 fully saturated rings. The van der Waals surface area contributed by atoms with Gasteiger partial charge in [0.1, 0.15) is 17.3 Å². The summed E-state index contributed by atoms with van der Waals surface area (Å²) in [7, 11) is 0. The van der Waals surface area contributed by atoms with Crippen LogP contribution < -0.4 is 5.32 Å². The number of hydrogen-bond donors (Lipinski definition) is 1. The van der Waals surface area contributed by atoms with Crippen molar-refractivity contribution in [2.45, 2.75) is 6.54 Å². The van der Waals surface area contributed by atoms with Gasteiger partial charge >= 0.3 is 0 Å². The van der Waals surface area contributed by atoms with E-state index in [1.54, 1.807) is 24.5 Å². The van der Waals surface area contributed by atoms with Gasteiger partial charge < -0.3 is 5.32 Å². The van der Waals surface area contributed by atoms with Gasteiger partial charge in [0, 0.05) is 18.9 Å². The normalized spacial score (nSPS) is 10.1. The molecular weight excluding hydrogens is 210 g/mol. The van der Waals surface area contributed by atoms with Crippen LogP contribution >= 0.6 is 0 Å². The summed E-state index contributed by atoms with van der Waals surface area (Å²) in [5.74, 6) is -1.18. The van der Waals surface area contributed by atoms with Crippen LogP contribution in [0.25, 0.3) is 0 Å². The fraction of sp³-hybridized carbons (Fsp3) is 0.0833. The Morgan fingerprint density at radius 3 is 2.25 bits per heavy atom. The lowest BCUT2D eigenvalue weighted by Gasteiger charge is -2.08. The maximum atomic E-state index is 13.2. The van der Waals surface area contributed by atoms with Crippen molar-refractivity contribution in [1.82, 2.24) is 4.98 Å². The van der Waals surface area contributed by atoms with Gasteiger partial charge in [-0.05, 0) is 29.8 Å². The van der Waals surface area contributed by atoms with Crippen LogP contribution in [0, 0.1) is 11.6 Å². The van der Waals surface area contributed by atoms with E-state index in [1.807, 2.05) is 0 Å². The van der Waals surface area contributed by atoms with E-state index in [1.165, 1.54) is 18.2 Å². The van der Waals surface area contributed by atoms with E-state index < -0.39 is 11.6 Å². The summed E-state index contributed by atoms with van der Waals surface area (Å²) in [5, 5.41) is 2.72. The van der Waals surface area contributed by atoms with Crippen LogP contribution in [0.15, 0.2) is 42.7 Å². The zero-order chi connectivity index (χ0) is 11.4. The lowest BCUT2D eigenvalue weighted by Crippen LogP contribution is -2.03. The van der Waals surface area contributed by atoms with E-state index >= 15 is 0 Å². The maximum absolute atomic E-state index is 13.2. The van der Waals surface area contributed by atoms with E-state index in [0.29, 0.717) is 6.54 Å². The Morgan fingerprint density at radius 1 is 1.00 bits per heavy atom. The molecule has 2 rings (SSSR count). The number of para-hydroxylation sites is 1. The van der Waals surface area contributed by atoms with E-state index in [2.05, 4.69) is 10.3 Å². The highest BCUT2D eigenvalue weighted by molar-refractivity contribution is 5.46. The number of anilines is 1. The number of halogens is 2. The van der Waals surface area contributed by atoms with Crippen LogP contribution in [-0.2, 0) is 6.54 Å². The molecule has 0 spiro atoms. The van der Waals surface area contributed by atoms with Crippen molar-refractivity contribution < 1.29 is 8.78 Å². The molecule has 1 aromatic carbocycles. The molecule has 0 aliphatic rings. The Morgan fingerprint density at radius 2 is 1.62 bits per heavy atom. The highest BCUT2D eigenvalue weighted by atomic mass is 19.1. The SMILES string of the molecule is Fc1cccc(F)c1NCc1ccncc1. The molecule has 82 valence electrons. The third kappa shape index (κ3) is 2.34. The van der Waals surface area contributed by atoms with Crippen LogP contribution in [-0.4, -0.2) is 4.98 Å². The van der Waals surface area contributed by atoms with Crippen LogP contribution in [0.4, 0.5) is 14.5 Å². The quantitative estimate of drug-likeness (QED) is 0.860. The number of benzene rings is 1. The number of pyridine rings is 1. The first-order valence-electron chi connectivity index (χ1n) is 4.84. The molecule has 0 amide bonds. The lowest BCUT2D eigenvalue weighted by atomic mass is 10.2. The first kappa shape index (κ1) is 10.5. The topological polar surface area (TPSA) is 24.9 Å². The van der Waals surface area contributed by atoms with E-state index in [0.717, 1.165) is 5.56 Å². The molecule has 0 aliphatic heterocycles. The monoisotopic (exact) mass is 220 g/mol. The Bertz CT molecular complexity index is 451. The molecular formula is C12H10F2N2. The third-order valence-electron chi connectivity index (χ3n) is 2.18. The molecule has 2 aromatic rings. The van der Waals surface area contributed by atoms with Gasteiger partial charge in [0.2, 0.25) is 0 Å². The minimum atomic E-state index is -0.589. The molecule has 0 saturated heterocycles. The van der Waals surface area contributed by atoms with E-state index in [4.69, 9.17) is 0 Å². The molecule has 0 aliphatic carbocycles. The number of hydrogen-bond acceptors (Lipinski definition) is 2. The molecule has 0 unspecified atom stereocenters. The smallest absolute Gasteiger partial charge is 0.149 e. The second-order valence-corrected chi connectivity index (χ2v) is 3.31. The Labute approximate surface area is 92.0 Å². The van der Waals surface area contributed by atoms with Crippen molar-refractivity contribution >= 4 is 5.69 Å². The molecule has 4 heteroatoms. The van der Waals surface area contributed by atoms with Gasteiger partial charge in [-0.3, -0.25) is 4.98 Å². The van der Waals surface area contributed by atoms with Gasteiger partial charge in [-0.1, -0.05) is 6.07 Å². The number of nitrogens with one attached hydrogen (secondary N) is 1. The Hall–Kier alpha value is -1.97. The lowest BCUT2D eigenvalue weighted by molar-refractivity contribution is 0.588. The van der Waals surface area contributed by atoms with Gasteiger partial charge in [-0.15, -0.1) is 0 Å². The fourth-order valence-corrected chi connectivity index (χ4v) is 1.36. The summed E-state index contributed by atoms with van der Waals surface area (Å²) < 4.78 is 26.5. The molecule has 0 radical (unpaired) electrons. The number of aromatic nitrogens is 1. The molecule has 1 heterocycles. The first-order valence-corrected chi connectivity index (χ1v) is 4.84. The molecule has 16 heavy (non-hydrogen) atoms. The molecule has 0 bridgehead atoms. The molecule has 2 nitrogen and oxygen atoms in total. The van der Waals surface area contributed by atoms with Gasteiger partial charge in [-0.25, -0.2) is 8.78 Å². The minimum Gasteiger partial charge on any atom is -0.376 e. The third-order valence-corrected chi connectivity index (χ3v) is 2.18. The summed E-state index contributed by atoms with van der Waals surface area (Å²) in [5.41, 5.74) is 0.817. The largest absolute Gasteiger partial charge is 0.376 e. The fourth-order valence-electron chi connectivity index (χ4n) is 1.36. The number of nitrogens with zero attached hydrogens (tertiary/aromatic N) is 1. The van der Waals surface area contributed by atoms with Crippen molar-refractivity contribution in [3.63, 3.8) is 0 Å². The average molecular weight is 220 g/mol. The number of rotatable bonds is 3. The molecule has 1 N–H and O–H groups in total. The zero-order valence-corrected chi connectivity index (χ0v) is 8.45. The van der Waals surface area contributed by atoms with Gasteiger partial charge in [0.25, 0.3) is 0 Å². The van der Waals surface area contributed by atoms with Crippen molar-refractivity contribution in [2.75, 3.05) is 5.32 Å². The van der Waals surface area contributed by atoms with Crippen LogP contribution in [0.5, 0.6) is 0 Å². The highest BCUT2D eigenvalue weighted by Crippen LogP contribution is 2.18. The van der Waals surface area contributed by atoms with Gasteiger partial charge in [-0.2, -0.15) is 0 Å². The summed E-state index contributed by atoms with van der Waals surface area (Å²) in [6.07, 6.45) is 3.27. The standard InChI is InChI=1S/C12H10F2N2/c13-10-2-1-3-11(14)12(10)16-8-9-4-6-15-7-5-9/h1-7,16H,8H2. The van der Waals surface area contributed by atoms with Crippen molar-refractivity contribution in [3.8, 4) is 0 Å². The van der Waals surface area contributed by atoms with Gasteiger partial charge in [0.15, 0.2) is 0 Å². The molecule has 1 aromatic heterocycles. The van der Waals surface area contributed by atoms with Crippen LogP contribution in [0.3, 0.4) is 0 Å². The van der Waals surface area contributed by atoms with E-state index in [9.17, 15) is 8.78 Å². The molecule has 0 saturated carbocycles. The molecule has 0 atom stereocenters. The minimum absolute atomic E-state index is 0.0979. The van der Waals surface area contributed by atoms with Crippen molar-refractivity contribution in [3.05, 3.63) is 59.9 Å². The predicted molar refractivity (Wildman–Crippen MR) is 57.9 cm³/mol. The van der Waals surface area contributed by atoms with Crippen LogP contribution in [0.1, 0.15) is 5.56 Å². The Kier molecular flexibility index (Phi) is 3.10. The van der Waals surface area contributed by atoms with E-state index in [-0.39, 0.29) is 5.69 Å².